The molecule has 0 radical (unpaired) electrons. The third kappa shape index (κ3) is 2.65. The number of aliphatic hydroxyl groups is 1. The van der Waals surface area contributed by atoms with Gasteiger partial charge in [0.2, 0.25) is 0 Å². The van der Waals surface area contributed by atoms with Gasteiger partial charge in [-0.3, -0.25) is 0 Å². The maximum atomic E-state index is 13.9. The number of piperidine rings is 1. The number of anilines is 1. The normalized spacial score (nSPS) is 20.2. The Morgan fingerprint density at radius 1 is 1.44 bits per heavy atom. The van der Waals surface area contributed by atoms with Crippen molar-refractivity contribution >= 4 is 5.69 Å². The van der Waals surface area contributed by atoms with Gasteiger partial charge in [0.1, 0.15) is 5.82 Å². The van der Waals surface area contributed by atoms with Crippen LogP contribution in [0.25, 0.3) is 0 Å². The molecule has 0 amide bonds. The van der Waals surface area contributed by atoms with Gasteiger partial charge in [0.15, 0.2) is 0 Å². The van der Waals surface area contributed by atoms with E-state index in [1.807, 2.05) is 13.1 Å². The molecule has 1 heterocycles. The highest BCUT2D eigenvalue weighted by Gasteiger charge is 2.24. The van der Waals surface area contributed by atoms with E-state index < -0.39 is 0 Å². The Labute approximate surface area is 108 Å². The number of nitrogens with one attached hydrogen (secondary N) is 1. The summed E-state index contributed by atoms with van der Waals surface area (Å²) in [6.07, 6.45) is 3.22. The van der Waals surface area contributed by atoms with E-state index in [1.54, 1.807) is 6.07 Å². The fourth-order valence-corrected chi connectivity index (χ4v) is 2.68. The molecule has 0 bridgehead atoms. The van der Waals surface area contributed by atoms with Crippen molar-refractivity contribution in [1.82, 2.24) is 5.32 Å². The summed E-state index contributed by atoms with van der Waals surface area (Å²) in [5.41, 5.74) is 1.61. The summed E-state index contributed by atoms with van der Waals surface area (Å²) in [7, 11) is 1.82. The quantitative estimate of drug-likeness (QED) is 0.859. The highest BCUT2D eigenvalue weighted by molar-refractivity contribution is 5.55. The van der Waals surface area contributed by atoms with E-state index in [0.29, 0.717) is 12.1 Å². The van der Waals surface area contributed by atoms with E-state index in [4.69, 9.17) is 0 Å². The monoisotopic (exact) mass is 252 g/mol. The Kier molecular flexibility index (Phi) is 4.55. The van der Waals surface area contributed by atoms with Crippen LogP contribution >= 0.6 is 0 Å². The molecule has 1 aliphatic rings. The van der Waals surface area contributed by atoms with Crippen molar-refractivity contribution in [2.24, 2.45) is 0 Å². The molecule has 0 spiro atoms. The minimum absolute atomic E-state index is 0.121. The summed E-state index contributed by atoms with van der Waals surface area (Å²) < 4.78 is 13.9. The zero-order valence-corrected chi connectivity index (χ0v) is 10.8. The van der Waals surface area contributed by atoms with E-state index in [1.165, 1.54) is 6.07 Å². The van der Waals surface area contributed by atoms with E-state index >= 15 is 0 Å². The van der Waals surface area contributed by atoms with Crippen LogP contribution in [0.3, 0.4) is 0 Å². The van der Waals surface area contributed by atoms with Gasteiger partial charge in [0, 0.05) is 24.3 Å². The molecule has 1 unspecified atom stereocenters. The molecule has 100 valence electrons. The van der Waals surface area contributed by atoms with Gasteiger partial charge in [-0.15, -0.1) is 0 Å². The highest BCUT2D eigenvalue weighted by Crippen LogP contribution is 2.29. The van der Waals surface area contributed by atoms with Crippen LogP contribution in [0.2, 0.25) is 0 Å². The zero-order valence-electron chi connectivity index (χ0n) is 10.8. The molecular formula is C14H21FN2O. The molecule has 1 fully saturated rings. The van der Waals surface area contributed by atoms with Gasteiger partial charge in [0.25, 0.3) is 0 Å². The summed E-state index contributed by atoms with van der Waals surface area (Å²) in [6.45, 7) is 1.54. The molecule has 3 nitrogen and oxygen atoms in total. The molecule has 2 N–H and O–H groups in total. The summed E-state index contributed by atoms with van der Waals surface area (Å²) in [4.78, 5) is 2.15. The lowest BCUT2D eigenvalue weighted by Gasteiger charge is -2.37. The van der Waals surface area contributed by atoms with Crippen LogP contribution in [0.1, 0.15) is 24.8 Å². The van der Waals surface area contributed by atoms with Gasteiger partial charge in [-0.2, -0.15) is 0 Å². The number of aliphatic hydroxyl groups excluding tert-OH is 1. The summed E-state index contributed by atoms with van der Waals surface area (Å²) in [5.74, 6) is -0.177. The van der Waals surface area contributed by atoms with E-state index in [0.717, 1.165) is 31.5 Å². The number of nitrogens with zero attached hydrogens (tertiary/aromatic N) is 1. The molecule has 1 saturated heterocycles. The van der Waals surface area contributed by atoms with Crippen LogP contribution in [0.4, 0.5) is 10.1 Å². The van der Waals surface area contributed by atoms with Crippen molar-refractivity contribution in [2.75, 3.05) is 25.1 Å². The Bertz CT molecular complexity index is 397. The van der Waals surface area contributed by atoms with Crippen molar-refractivity contribution in [2.45, 2.75) is 31.8 Å². The third-order valence-electron chi connectivity index (χ3n) is 3.59. The Balaban J connectivity index is 2.33. The maximum absolute atomic E-state index is 13.9. The minimum atomic E-state index is -0.177. The smallest absolute Gasteiger partial charge is 0.129 e. The molecular weight excluding hydrogens is 231 g/mol. The first-order chi connectivity index (χ1) is 8.77. The molecule has 18 heavy (non-hydrogen) atoms. The lowest BCUT2D eigenvalue weighted by Crippen LogP contribution is -2.42. The molecule has 2 rings (SSSR count). The van der Waals surface area contributed by atoms with Crippen molar-refractivity contribution in [1.29, 1.82) is 0 Å². The van der Waals surface area contributed by atoms with Gasteiger partial charge in [0.05, 0.1) is 12.6 Å². The summed E-state index contributed by atoms with van der Waals surface area (Å²) in [6, 6.07) is 5.31. The standard InChI is InChI=1S/C14H21FN2O/c1-16-9-12-13(15)6-4-7-14(12)17-8-3-2-5-11(17)10-18/h4,6-7,11,16,18H,2-3,5,8-10H2,1H3. The van der Waals surface area contributed by atoms with Gasteiger partial charge in [-0.05, 0) is 38.4 Å². The van der Waals surface area contributed by atoms with Crippen molar-refractivity contribution in [3.63, 3.8) is 0 Å². The average Bonchev–Trinajstić information content (AvgIpc) is 2.41. The molecule has 1 aromatic carbocycles. The lowest BCUT2D eigenvalue weighted by atomic mass is 10.00. The van der Waals surface area contributed by atoms with Gasteiger partial charge >= 0.3 is 0 Å². The first-order valence-corrected chi connectivity index (χ1v) is 6.57. The number of benzene rings is 1. The van der Waals surface area contributed by atoms with E-state index in [9.17, 15) is 9.50 Å². The number of hydrogen-bond donors (Lipinski definition) is 2. The second-order valence-electron chi connectivity index (χ2n) is 4.79. The first kappa shape index (κ1) is 13.3. The number of halogens is 1. The van der Waals surface area contributed by atoms with Crippen LogP contribution in [-0.2, 0) is 6.54 Å². The van der Waals surface area contributed by atoms with Crippen LogP contribution < -0.4 is 10.2 Å². The SMILES string of the molecule is CNCc1c(F)cccc1N1CCCCC1CO. The summed E-state index contributed by atoms with van der Waals surface area (Å²) in [5, 5.41) is 12.5. The Morgan fingerprint density at radius 2 is 2.28 bits per heavy atom. The number of rotatable bonds is 4. The molecule has 1 aliphatic heterocycles. The first-order valence-electron chi connectivity index (χ1n) is 6.57. The fourth-order valence-electron chi connectivity index (χ4n) is 2.68. The van der Waals surface area contributed by atoms with Gasteiger partial charge in [-0.25, -0.2) is 4.39 Å². The third-order valence-corrected chi connectivity index (χ3v) is 3.59. The maximum Gasteiger partial charge on any atom is 0.129 e. The van der Waals surface area contributed by atoms with Crippen LogP contribution in [-0.4, -0.2) is 31.3 Å². The zero-order chi connectivity index (χ0) is 13.0. The van der Waals surface area contributed by atoms with Crippen LogP contribution in [0.5, 0.6) is 0 Å². The molecule has 0 saturated carbocycles. The predicted molar refractivity (Wildman–Crippen MR) is 71.2 cm³/mol. The second-order valence-corrected chi connectivity index (χ2v) is 4.79. The van der Waals surface area contributed by atoms with Crippen molar-refractivity contribution in [3.05, 3.63) is 29.6 Å². The summed E-state index contributed by atoms with van der Waals surface area (Å²) >= 11 is 0. The van der Waals surface area contributed by atoms with E-state index in [2.05, 4.69) is 10.2 Å². The Morgan fingerprint density at radius 3 is 3.00 bits per heavy atom. The van der Waals surface area contributed by atoms with Crippen molar-refractivity contribution < 1.29 is 9.50 Å². The Hall–Kier alpha value is -1.13. The molecule has 1 aromatic rings. The predicted octanol–water partition coefficient (Wildman–Crippen LogP) is 1.90. The lowest BCUT2D eigenvalue weighted by molar-refractivity contribution is 0.240. The highest BCUT2D eigenvalue weighted by atomic mass is 19.1. The topological polar surface area (TPSA) is 35.5 Å². The molecule has 4 heteroatoms. The number of hydrogen-bond acceptors (Lipinski definition) is 3. The second kappa shape index (κ2) is 6.16. The molecule has 0 aliphatic carbocycles. The molecule has 0 aromatic heterocycles. The minimum Gasteiger partial charge on any atom is -0.394 e. The van der Waals surface area contributed by atoms with Crippen LogP contribution in [0.15, 0.2) is 18.2 Å². The largest absolute Gasteiger partial charge is 0.394 e. The van der Waals surface area contributed by atoms with Crippen molar-refractivity contribution in [3.8, 4) is 0 Å². The fraction of sp³-hybridized carbons (Fsp3) is 0.571. The molecule has 1 atom stereocenters. The van der Waals surface area contributed by atoms with Gasteiger partial charge in [-0.1, -0.05) is 6.07 Å². The average molecular weight is 252 g/mol. The van der Waals surface area contributed by atoms with Crippen LogP contribution in [0, 0.1) is 5.82 Å². The van der Waals surface area contributed by atoms with E-state index in [-0.39, 0.29) is 18.5 Å². The van der Waals surface area contributed by atoms with Gasteiger partial charge < -0.3 is 15.3 Å².